The molecule has 4 rings (SSSR count). The molecule has 0 radical (unpaired) electrons. The third-order valence-corrected chi connectivity index (χ3v) is 11.1. The van der Waals surface area contributed by atoms with E-state index in [1.54, 1.807) is 13.0 Å². The van der Waals surface area contributed by atoms with Gasteiger partial charge in [0.1, 0.15) is 79.4 Å². The highest BCUT2D eigenvalue weighted by Gasteiger charge is 2.54. The highest BCUT2D eigenvalue weighted by atomic mass is 16.8. The molecule has 10 N–H and O–H groups in total. The van der Waals surface area contributed by atoms with Crippen molar-refractivity contribution in [3.63, 3.8) is 0 Å². The maximum Gasteiger partial charge on any atom is 0.188 e. The van der Waals surface area contributed by atoms with Crippen LogP contribution < -0.4 is 0 Å². The van der Waals surface area contributed by atoms with Crippen LogP contribution in [-0.4, -0.2) is 186 Å². The van der Waals surface area contributed by atoms with Gasteiger partial charge in [0.15, 0.2) is 25.2 Å². The summed E-state index contributed by atoms with van der Waals surface area (Å²) < 4.78 is 47.0. The van der Waals surface area contributed by atoms with Crippen LogP contribution in [0.1, 0.15) is 74.1 Å². The Morgan fingerprint density at radius 1 is 0.579 bits per heavy atom. The molecule has 18 nitrogen and oxygen atoms in total. The van der Waals surface area contributed by atoms with Crippen LogP contribution in [0.5, 0.6) is 0 Å². The molecule has 330 valence electrons. The van der Waals surface area contributed by atoms with Crippen LogP contribution in [0.3, 0.4) is 0 Å². The Labute approximate surface area is 333 Å². The van der Waals surface area contributed by atoms with Gasteiger partial charge in [-0.1, -0.05) is 29.4 Å². The number of allylic oxidation sites excluding steroid dienone is 4. The predicted octanol–water partition coefficient (Wildman–Crippen LogP) is -1.22. The standard InChI is InChI=1S/C39H66O18/c1-9-39(8,15-11-14-18(4)13-10-12-17(2)3)57-38-34(28(45)25(42)22(54-38)16-50-35-30(47)26(43)23(40)19(5)51-35)56-37-32(49)29(46)33(21(7)53-37)55-36-31(48)27(44)24(41)20(6)52-36/h9,12,14,19-38,40-49H,1,10-11,13,15-16H2,2-8H3/b18-14+. The zero-order valence-corrected chi connectivity index (χ0v) is 33.8. The molecule has 4 aliphatic heterocycles. The first kappa shape index (κ1) is 48.2. The second-order valence-electron chi connectivity index (χ2n) is 16.2. The zero-order valence-electron chi connectivity index (χ0n) is 33.8. The normalized spacial score (nSPS) is 45.6. The lowest BCUT2D eigenvalue weighted by atomic mass is 9.95. The molecule has 0 amide bonds. The summed E-state index contributed by atoms with van der Waals surface area (Å²) in [5.74, 6) is 0. The number of ether oxygens (including phenoxy) is 8. The highest BCUT2D eigenvalue weighted by Crippen LogP contribution is 2.35. The third-order valence-electron chi connectivity index (χ3n) is 11.1. The Morgan fingerprint density at radius 3 is 1.67 bits per heavy atom. The number of rotatable bonds is 16. The average molecular weight is 823 g/mol. The minimum Gasteiger partial charge on any atom is -0.388 e. The van der Waals surface area contributed by atoms with Crippen LogP contribution >= 0.6 is 0 Å². The van der Waals surface area contributed by atoms with Crippen molar-refractivity contribution in [1.82, 2.24) is 0 Å². The van der Waals surface area contributed by atoms with Gasteiger partial charge >= 0.3 is 0 Å². The van der Waals surface area contributed by atoms with Crippen LogP contribution in [-0.2, 0) is 37.9 Å². The van der Waals surface area contributed by atoms with Gasteiger partial charge in [-0.3, -0.25) is 0 Å². The van der Waals surface area contributed by atoms with Crippen LogP contribution in [0.2, 0.25) is 0 Å². The average Bonchev–Trinajstić information content (AvgIpc) is 3.16. The van der Waals surface area contributed by atoms with E-state index in [0.717, 1.165) is 12.8 Å². The van der Waals surface area contributed by atoms with Crippen molar-refractivity contribution in [3.8, 4) is 0 Å². The van der Waals surface area contributed by atoms with Crippen LogP contribution in [0.4, 0.5) is 0 Å². The predicted molar refractivity (Wildman–Crippen MR) is 199 cm³/mol. The summed E-state index contributed by atoms with van der Waals surface area (Å²) in [6, 6.07) is 0. The number of aliphatic hydroxyl groups excluding tert-OH is 10. The van der Waals surface area contributed by atoms with E-state index in [4.69, 9.17) is 37.9 Å². The third kappa shape index (κ3) is 11.9. The van der Waals surface area contributed by atoms with E-state index < -0.39 is 135 Å². The summed E-state index contributed by atoms with van der Waals surface area (Å²) in [4.78, 5) is 0. The maximum absolute atomic E-state index is 11.5. The molecule has 57 heavy (non-hydrogen) atoms. The Morgan fingerprint density at radius 2 is 1.09 bits per heavy atom. The molecule has 0 bridgehead atoms. The fourth-order valence-electron chi connectivity index (χ4n) is 7.14. The number of aliphatic hydroxyl groups is 10. The number of hydrogen-bond donors (Lipinski definition) is 10. The minimum atomic E-state index is -1.84. The molecule has 4 fully saturated rings. The molecule has 4 saturated heterocycles. The molecule has 0 aliphatic carbocycles. The highest BCUT2D eigenvalue weighted by molar-refractivity contribution is 5.05. The largest absolute Gasteiger partial charge is 0.388 e. The van der Waals surface area contributed by atoms with Crippen molar-refractivity contribution in [1.29, 1.82) is 0 Å². The summed E-state index contributed by atoms with van der Waals surface area (Å²) in [5.41, 5.74) is 1.30. The Balaban J connectivity index is 1.51. The van der Waals surface area contributed by atoms with E-state index in [0.29, 0.717) is 12.8 Å². The van der Waals surface area contributed by atoms with Gasteiger partial charge in [-0.15, -0.1) is 6.58 Å². The van der Waals surface area contributed by atoms with Crippen LogP contribution in [0, 0.1) is 0 Å². The SMILES string of the molecule is C=CC(C)(CC/C=C(\C)CCC=C(C)C)OC1OC(COC2OC(C)C(O)C(O)C2O)C(O)C(O)C1OC1OC(C)C(OC2OC(C)C(O)C(O)C2O)C(O)C1O. The molecular formula is C39H66O18. The van der Waals surface area contributed by atoms with E-state index in [1.165, 1.54) is 31.9 Å². The van der Waals surface area contributed by atoms with Crippen molar-refractivity contribution in [2.75, 3.05) is 6.61 Å². The van der Waals surface area contributed by atoms with Crippen molar-refractivity contribution >= 4 is 0 Å². The molecule has 0 aromatic carbocycles. The Kier molecular flexibility index (Phi) is 17.6. The Hall–Kier alpha value is -1.50. The zero-order chi connectivity index (χ0) is 42.5. The topological polar surface area (TPSA) is 276 Å². The summed E-state index contributed by atoms with van der Waals surface area (Å²) in [6.45, 7) is 15.7. The second-order valence-corrected chi connectivity index (χ2v) is 16.2. The molecule has 21 unspecified atom stereocenters. The second kappa shape index (κ2) is 20.8. The van der Waals surface area contributed by atoms with Gasteiger partial charge in [0.2, 0.25) is 0 Å². The van der Waals surface area contributed by atoms with E-state index in [1.807, 2.05) is 20.8 Å². The van der Waals surface area contributed by atoms with Crippen LogP contribution in [0.25, 0.3) is 0 Å². The molecular weight excluding hydrogens is 756 g/mol. The summed E-state index contributed by atoms with van der Waals surface area (Å²) >= 11 is 0. The van der Waals surface area contributed by atoms with Gasteiger partial charge in [-0.2, -0.15) is 0 Å². The monoisotopic (exact) mass is 822 g/mol. The van der Waals surface area contributed by atoms with Crippen molar-refractivity contribution in [2.24, 2.45) is 0 Å². The molecule has 4 aliphatic rings. The molecule has 0 saturated carbocycles. The first-order chi connectivity index (χ1) is 26.7. The van der Waals surface area contributed by atoms with Crippen molar-refractivity contribution < 1.29 is 89.0 Å². The fourth-order valence-corrected chi connectivity index (χ4v) is 7.14. The van der Waals surface area contributed by atoms with Crippen LogP contribution in [0.15, 0.2) is 36.0 Å². The first-order valence-corrected chi connectivity index (χ1v) is 19.6. The fraction of sp³-hybridized carbons (Fsp3) is 0.846. The van der Waals surface area contributed by atoms with Gasteiger partial charge in [0.25, 0.3) is 0 Å². The molecule has 0 aromatic heterocycles. The van der Waals surface area contributed by atoms with Gasteiger partial charge in [-0.05, 0) is 74.1 Å². The van der Waals surface area contributed by atoms with E-state index in [2.05, 4.69) is 18.7 Å². The van der Waals surface area contributed by atoms with Gasteiger partial charge in [-0.25, -0.2) is 0 Å². The lowest BCUT2D eigenvalue weighted by molar-refractivity contribution is -0.388. The van der Waals surface area contributed by atoms with Gasteiger partial charge in [0.05, 0.1) is 30.5 Å². The van der Waals surface area contributed by atoms with Crippen molar-refractivity contribution in [3.05, 3.63) is 36.0 Å². The molecule has 4 heterocycles. The molecule has 18 heteroatoms. The molecule has 21 atom stereocenters. The van der Waals surface area contributed by atoms with E-state index in [-0.39, 0.29) is 0 Å². The quantitative estimate of drug-likeness (QED) is 0.0817. The molecule has 0 aromatic rings. The van der Waals surface area contributed by atoms with E-state index in [9.17, 15) is 51.1 Å². The Bertz CT molecular complexity index is 1330. The minimum absolute atomic E-state index is 0.403. The lowest BCUT2D eigenvalue weighted by Crippen LogP contribution is -2.66. The van der Waals surface area contributed by atoms with E-state index >= 15 is 0 Å². The summed E-state index contributed by atoms with van der Waals surface area (Å²) in [6.07, 6.45) is -21.0. The lowest BCUT2D eigenvalue weighted by Gasteiger charge is -2.49. The summed E-state index contributed by atoms with van der Waals surface area (Å²) in [7, 11) is 0. The number of hydrogen-bond acceptors (Lipinski definition) is 18. The van der Waals surface area contributed by atoms with Gasteiger partial charge < -0.3 is 89.0 Å². The summed E-state index contributed by atoms with van der Waals surface area (Å²) in [5, 5.41) is 107. The van der Waals surface area contributed by atoms with Gasteiger partial charge in [0, 0.05) is 0 Å². The maximum atomic E-state index is 11.5. The molecule has 0 spiro atoms. The van der Waals surface area contributed by atoms with Crippen molar-refractivity contribution in [2.45, 2.75) is 203 Å². The smallest absolute Gasteiger partial charge is 0.188 e. The first-order valence-electron chi connectivity index (χ1n) is 19.6.